The van der Waals surface area contributed by atoms with Crippen LogP contribution in [0.1, 0.15) is 20.8 Å². The zero-order valence-corrected chi connectivity index (χ0v) is 7.38. The first-order valence-electron chi connectivity index (χ1n) is 3.60. The highest BCUT2D eigenvalue weighted by molar-refractivity contribution is 5.91. The number of carbonyl (C=O) groups excluding carboxylic acids is 1. The summed E-state index contributed by atoms with van der Waals surface area (Å²) in [6, 6.07) is 0. The Hall–Kier alpha value is -1.39. The molecule has 0 radical (unpaired) electrons. The minimum absolute atomic E-state index is 0.315. The van der Waals surface area contributed by atoms with Gasteiger partial charge in [-0.2, -0.15) is 0 Å². The third kappa shape index (κ3) is 2.69. The molecular weight excluding hydrogens is 160 g/mol. The molecule has 0 rings (SSSR count). The lowest BCUT2D eigenvalue weighted by Gasteiger charge is -2.02. The van der Waals surface area contributed by atoms with Crippen LogP contribution in [-0.2, 0) is 4.79 Å². The molecular formula is C7H12N2O3. The van der Waals surface area contributed by atoms with E-state index in [-0.39, 0.29) is 5.70 Å². The van der Waals surface area contributed by atoms with E-state index >= 15 is 0 Å². The average molecular weight is 172 g/mol. The van der Waals surface area contributed by atoms with Crippen molar-refractivity contribution in [1.29, 1.82) is 0 Å². The first kappa shape index (κ1) is 10.6. The summed E-state index contributed by atoms with van der Waals surface area (Å²) in [6.07, 6.45) is 0. The number of Topliss-reactive ketones (excluding diaryl/α,β-unsaturated/α-hetero) is 1. The lowest BCUT2D eigenvalue weighted by atomic mass is 10.2. The summed E-state index contributed by atoms with van der Waals surface area (Å²) in [5.41, 5.74) is -0.0492. The molecule has 0 spiro atoms. The van der Waals surface area contributed by atoms with E-state index in [1.807, 2.05) is 0 Å². The van der Waals surface area contributed by atoms with Crippen molar-refractivity contribution in [3.05, 3.63) is 21.5 Å². The Morgan fingerprint density at radius 1 is 1.50 bits per heavy atom. The van der Waals surface area contributed by atoms with Gasteiger partial charge >= 0.3 is 5.70 Å². The molecule has 12 heavy (non-hydrogen) atoms. The fraction of sp³-hybridized carbons (Fsp3) is 0.571. The van der Waals surface area contributed by atoms with Gasteiger partial charge in [-0.25, -0.2) is 0 Å². The lowest BCUT2D eigenvalue weighted by Crippen LogP contribution is -2.19. The molecule has 68 valence electrons. The van der Waals surface area contributed by atoms with Crippen molar-refractivity contribution in [2.45, 2.75) is 20.8 Å². The van der Waals surface area contributed by atoms with E-state index in [0.717, 1.165) is 0 Å². The third-order valence-electron chi connectivity index (χ3n) is 1.31. The quantitative estimate of drug-likeness (QED) is 0.384. The Morgan fingerprint density at radius 3 is 2.25 bits per heavy atom. The van der Waals surface area contributed by atoms with Crippen LogP contribution < -0.4 is 5.32 Å². The van der Waals surface area contributed by atoms with E-state index in [0.29, 0.717) is 12.2 Å². The van der Waals surface area contributed by atoms with Gasteiger partial charge in [-0.05, 0) is 13.8 Å². The minimum Gasteiger partial charge on any atom is -0.383 e. The molecule has 0 fully saturated rings. The summed E-state index contributed by atoms with van der Waals surface area (Å²) < 4.78 is 0. The highest BCUT2D eigenvalue weighted by Crippen LogP contribution is 2.02. The first-order chi connectivity index (χ1) is 5.50. The second-order valence-corrected chi connectivity index (χ2v) is 2.32. The highest BCUT2D eigenvalue weighted by Gasteiger charge is 2.20. The summed E-state index contributed by atoms with van der Waals surface area (Å²) >= 11 is 0. The molecule has 5 nitrogen and oxygen atoms in total. The molecule has 0 aliphatic rings. The summed E-state index contributed by atoms with van der Waals surface area (Å²) in [5, 5.41) is 13.1. The van der Waals surface area contributed by atoms with Gasteiger partial charge in [0.25, 0.3) is 0 Å². The van der Waals surface area contributed by atoms with Crippen molar-refractivity contribution in [2.75, 3.05) is 6.54 Å². The largest absolute Gasteiger partial charge is 0.383 e. The third-order valence-corrected chi connectivity index (χ3v) is 1.31. The molecule has 0 saturated carbocycles. The summed E-state index contributed by atoms with van der Waals surface area (Å²) in [6.45, 7) is 5.07. The van der Waals surface area contributed by atoms with Crippen LogP contribution in [0.3, 0.4) is 0 Å². The van der Waals surface area contributed by atoms with Gasteiger partial charge < -0.3 is 5.32 Å². The van der Waals surface area contributed by atoms with Gasteiger partial charge in [-0.1, -0.05) is 0 Å². The van der Waals surface area contributed by atoms with Crippen LogP contribution >= 0.6 is 0 Å². The predicted octanol–water partition coefficient (Wildman–Crippen LogP) is 0.693. The Labute approximate surface area is 70.6 Å². The maximum atomic E-state index is 10.8. The van der Waals surface area contributed by atoms with Crippen molar-refractivity contribution in [3.8, 4) is 0 Å². The van der Waals surface area contributed by atoms with Gasteiger partial charge in [0.2, 0.25) is 5.78 Å². The molecule has 0 atom stereocenters. The molecule has 0 saturated heterocycles. The van der Waals surface area contributed by atoms with Crippen LogP contribution in [-0.4, -0.2) is 17.3 Å². The number of nitro groups is 1. The molecule has 0 amide bonds. The number of ketones is 1. The SMILES string of the molecule is CCN/C(C)=C(\C(C)=O)[N+](=O)[O-]. The van der Waals surface area contributed by atoms with Crippen LogP contribution in [0.15, 0.2) is 11.4 Å². The number of nitrogens with zero attached hydrogens (tertiary/aromatic N) is 1. The van der Waals surface area contributed by atoms with Gasteiger partial charge in [-0.3, -0.25) is 14.9 Å². The summed E-state index contributed by atoms with van der Waals surface area (Å²) in [5.74, 6) is -0.529. The zero-order chi connectivity index (χ0) is 9.72. The molecule has 0 bridgehead atoms. The Balaban J connectivity index is 4.80. The zero-order valence-electron chi connectivity index (χ0n) is 7.38. The molecule has 0 aliphatic heterocycles. The second kappa shape index (κ2) is 4.48. The fourth-order valence-corrected chi connectivity index (χ4v) is 0.878. The van der Waals surface area contributed by atoms with E-state index in [1.54, 1.807) is 6.92 Å². The van der Waals surface area contributed by atoms with Gasteiger partial charge in [0.15, 0.2) is 0 Å². The molecule has 5 heteroatoms. The lowest BCUT2D eigenvalue weighted by molar-refractivity contribution is -0.420. The number of rotatable bonds is 4. The monoisotopic (exact) mass is 172 g/mol. The Morgan fingerprint density at radius 2 is 2.00 bits per heavy atom. The van der Waals surface area contributed by atoms with Crippen molar-refractivity contribution >= 4 is 5.78 Å². The molecule has 0 heterocycles. The van der Waals surface area contributed by atoms with Crippen LogP contribution in [0.25, 0.3) is 0 Å². The molecule has 0 unspecified atom stereocenters. The first-order valence-corrected chi connectivity index (χ1v) is 3.60. The van der Waals surface area contributed by atoms with E-state index in [1.165, 1.54) is 13.8 Å². The highest BCUT2D eigenvalue weighted by atomic mass is 16.6. The van der Waals surface area contributed by atoms with Gasteiger partial charge in [-0.15, -0.1) is 0 Å². The maximum Gasteiger partial charge on any atom is 0.330 e. The van der Waals surface area contributed by atoms with E-state index in [4.69, 9.17) is 0 Å². The number of hydrogen-bond donors (Lipinski definition) is 1. The number of allylic oxidation sites excluding steroid dienone is 2. The van der Waals surface area contributed by atoms with Crippen molar-refractivity contribution < 1.29 is 9.72 Å². The predicted molar refractivity (Wildman–Crippen MR) is 44.1 cm³/mol. The number of hydrogen-bond acceptors (Lipinski definition) is 4. The van der Waals surface area contributed by atoms with Gasteiger partial charge in [0.05, 0.1) is 10.6 Å². The van der Waals surface area contributed by atoms with E-state index in [9.17, 15) is 14.9 Å². The summed E-state index contributed by atoms with van der Waals surface area (Å²) in [7, 11) is 0. The van der Waals surface area contributed by atoms with Crippen molar-refractivity contribution in [1.82, 2.24) is 5.32 Å². The fourth-order valence-electron chi connectivity index (χ4n) is 0.878. The van der Waals surface area contributed by atoms with E-state index < -0.39 is 10.7 Å². The molecule has 0 aromatic rings. The Kier molecular flexibility index (Phi) is 3.96. The van der Waals surface area contributed by atoms with Crippen LogP contribution in [0.5, 0.6) is 0 Å². The molecule has 0 aromatic heterocycles. The van der Waals surface area contributed by atoms with E-state index in [2.05, 4.69) is 5.32 Å². The van der Waals surface area contributed by atoms with Crippen molar-refractivity contribution in [3.63, 3.8) is 0 Å². The number of carbonyl (C=O) groups is 1. The topological polar surface area (TPSA) is 72.2 Å². The van der Waals surface area contributed by atoms with Crippen LogP contribution in [0.4, 0.5) is 0 Å². The maximum absolute atomic E-state index is 10.8. The minimum atomic E-state index is -0.666. The number of nitrogens with one attached hydrogen (secondary N) is 1. The Bertz CT molecular complexity index is 217. The molecule has 0 aliphatic carbocycles. The molecule has 1 N–H and O–H groups in total. The standard InChI is InChI=1S/C7H12N2O3/c1-4-8-5(2)7(6(3)10)9(11)12/h8H,4H2,1-3H3/b7-5+. The average Bonchev–Trinajstić information content (AvgIpc) is 1.85. The smallest absolute Gasteiger partial charge is 0.330 e. The normalized spacial score (nSPS) is 11.9. The van der Waals surface area contributed by atoms with Gasteiger partial charge in [0.1, 0.15) is 0 Å². The van der Waals surface area contributed by atoms with Crippen molar-refractivity contribution in [2.24, 2.45) is 0 Å². The summed E-state index contributed by atoms with van der Waals surface area (Å²) in [4.78, 5) is 20.4. The second-order valence-electron chi connectivity index (χ2n) is 2.32. The van der Waals surface area contributed by atoms with Crippen LogP contribution in [0.2, 0.25) is 0 Å². The van der Waals surface area contributed by atoms with Gasteiger partial charge in [0, 0.05) is 13.5 Å². The van der Waals surface area contributed by atoms with Crippen LogP contribution in [0, 0.1) is 10.1 Å². The molecule has 0 aromatic carbocycles.